The molecule has 4 rings (SSSR count). The monoisotopic (exact) mass is 438 g/mol. The third kappa shape index (κ3) is 3.93. The molecule has 8 nitrogen and oxygen atoms in total. The SMILES string of the molecule is O=S(=O)(c1ccccc1F)N1CCN(Cc2nnnn2-c2ccc(F)c(F)c2)CC1. The fraction of sp³-hybridized carbons (Fsp3) is 0.278. The van der Waals surface area contributed by atoms with Crippen LogP contribution in [0.3, 0.4) is 0 Å². The molecule has 3 aromatic rings. The first-order valence-electron chi connectivity index (χ1n) is 9.06. The second-order valence-corrected chi connectivity index (χ2v) is 8.62. The number of rotatable bonds is 5. The van der Waals surface area contributed by atoms with Gasteiger partial charge < -0.3 is 0 Å². The number of hydrogen-bond donors (Lipinski definition) is 0. The maximum Gasteiger partial charge on any atom is 0.246 e. The Hall–Kier alpha value is -2.83. The van der Waals surface area contributed by atoms with Crippen LogP contribution in [0.1, 0.15) is 5.82 Å². The molecule has 2 aromatic carbocycles. The second kappa shape index (κ2) is 8.13. The van der Waals surface area contributed by atoms with Crippen molar-refractivity contribution >= 4 is 10.0 Å². The van der Waals surface area contributed by atoms with Crippen LogP contribution in [0.15, 0.2) is 47.4 Å². The summed E-state index contributed by atoms with van der Waals surface area (Å²) in [6.07, 6.45) is 0. The predicted octanol–water partition coefficient (Wildman–Crippen LogP) is 1.59. The van der Waals surface area contributed by atoms with Crippen molar-refractivity contribution in [1.82, 2.24) is 29.4 Å². The molecule has 1 fully saturated rings. The van der Waals surface area contributed by atoms with Crippen molar-refractivity contribution < 1.29 is 21.6 Å². The lowest BCUT2D eigenvalue weighted by Crippen LogP contribution is -2.48. The van der Waals surface area contributed by atoms with E-state index in [0.29, 0.717) is 18.9 Å². The van der Waals surface area contributed by atoms with Crippen LogP contribution in [0.4, 0.5) is 13.2 Å². The third-order valence-corrected chi connectivity index (χ3v) is 6.76. The average Bonchev–Trinajstić information content (AvgIpc) is 3.19. The van der Waals surface area contributed by atoms with Crippen molar-refractivity contribution in [3.8, 4) is 5.69 Å². The maximum absolute atomic E-state index is 13.9. The van der Waals surface area contributed by atoms with Crippen LogP contribution >= 0.6 is 0 Å². The van der Waals surface area contributed by atoms with Gasteiger partial charge in [-0.05, 0) is 34.7 Å². The fourth-order valence-corrected chi connectivity index (χ4v) is 4.73. The van der Waals surface area contributed by atoms with Crippen molar-refractivity contribution in [2.75, 3.05) is 26.2 Å². The Labute approximate surface area is 170 Å². The van der Waals surface area contributed by atoms with Crippen molar-refractivity contribution in [2.24, 2.45) is 0 Å². The number of nitrogens with zero attached hydrogens (tertiary/aromatic N) is 6. The van der Waals surface area contributed by atoms with Crippen LogP contribution in [-0.2, 0) is 16.6 Å². The summed E-state index contributed by atoms with van der Waals surface area (Å²) in [4.78, 5) is 1.58. The van der Waals surface area contributed by atoms with E-state index >= 15 is 0 Å². The van der Waals surface area contributed by atoms with Crippen molar-refractivity contribution in [1.29, 1.82) is 0 Å². The molecule has 1 aliphatic rings. The zero-order valence-corrected chi connectivity index (χ0v) is 16.4. The summed E-state index contributed by atoms with van der Waals surface area (Å²) in [5, 5.41) is 11.3. The molecule has 0 bridgehead atoms. The van der Waals surface area contributed by atoms with Gasteiger partial charge in [-0.25, -0.2) is 21.6 Å². The van der Waals surface area contributed by atoms with Gasteiger partial charge in [-0.1, -0.05) is 12.1 Å². The lowest BCUT2D eigenvalue weighted by molar-refractivity contribution is 0.176. The number of sulfonamides is 1. The minimum absolute atomic E-state index is 0.170. The summed E-state index contributed by atoms with van der Waals surface area (Å²) in [5.41, 5.74) is 0.273. The molecule has 0 atom stereocenters. The maximum atomic E-state index is 13.9. The predicted molar refractivity (Wildman–Crippen MR) is 99.5 cm³/mol. The highest BCUT2D eigenvalue weighted by Gasteiger charge is 2.31. The molecule has 158 valence electrons. The van der Waals surface area contributed by atoms with Gasteiger partial charge in [0.2, 0.25) is 10.0 Å². The van der Waals surface area contributed by atoms with E-state index in [9.17, 15) is 21.6 Å². The smallest absolute Gasteiger partial charge is 0.246 e. The van der Waals surface area contributed by atoms with Crippen LogP contribution in [0.5, 0.6) is 0 Å². The van der Waals surface area contributed by atoms with Crippen molar-refractivity contribution in [2.45, 2.75) is 11.4 Å². The molecular weight excluding hydrogens is 421 g/mol. The van der Waals surface area contributed by atoms with E-state index < -0.39 is 27.5 Å². The largest absolute Gasteiger partial charge is 0.293 e. The summed E-state index contributed by atoms with van der Waals surface area (Å²) >= 11 is 0. The highest BCUT2D eigenvalue weighted by molar-refractivity contribution is 7.89. The van der Waals surface area contributed by atoms with Crippen LogP contribution < -0.4 is 0 Å². The molecule has 0 N–H and O–H groups in total. The molecule has 0 unspecified atom stereocenters. The zero-order valence-electron chi connectivity index (χ0n) is 15.6. The molecule has 1 aromatic heterocycles. The molecule has 12 heteroatoms. The topological polar surface area (TPSA) is 84.2 Å². The minimum Gasteiger partial charge on any atom is -0.293 e. The first kappa shape index (κ1) is 20.4. The fourth-order valence-electron chi connectivity index (χ4n) is 3.24. The summed E-state index contributed by atoms with van der Waals surface area (Å²) in [5.74, 6) is -2.38. The normalized spacial score (nSPS) is 16.1. The Balaban J connectivity index is 1.45. The van der Waals surface area contributed by atoms with Gasteiger partial charge in [0.05, 0.1) is 12.2 Å². The van der Waals surface area contributed by atoms with E-state index in [1.54, 1.807) is 0 Å². The number of aromatic nitrogens is 4. The molecule has 0 radical (unpaired) electrons. The molecule has 1 saturated heterocycles. The van der Waals surface area contributed by atoms with Crippen molar-refractivity contribution in [3.63, 3.8) is 0 Å². The lowest BCUT2D eigenvalue weighted by Gasteiger charge is -2.33. The molecule has 0 aliphatic carbocycles. The number of benzene rings is 2. The van der Waals surface area contributed by atoms with Gasteiger partial charge in [0.15, 0.2) is 17.5 Å². The average molecular weight is 438 g/mol. The van der Waals surface area contributed by atoms with E-state index in [-0.39, 0.29) is 30.2 Å². The highest BCUT2D eigenvalue weighted by atomic mass is 32.2. The standard InChI is InChI=1S/C18H17F3N6O2S/c19-14-6-5-13(11-16(14)21)27-18(22-23-24-27)12-25-7-9-26(10-8-25)30(28,29)17-4-2-1-3-15(17)20/h1-6,11H,7-10,12H2. The molecule has 0 amide bonds. The summed E-state index contributed by atoms with van der Waals surface area (Å²) in [6, 6.07) is 8.61. The van der Waals surface area contributed by atoms with E-state index in [4.69, 9.17) is 0 Å². The summed E-state index contributed by atoms with van der Waals surface area (Å²) < 4.78 is 68.6. The molecule has 30 heavy (non-hydrogen) atoms. The lowest BCUT2D eigenvalue weighted by atomic mass is 10.3. The number of halogens is 3. The molecular formula is C18H17F3N6O2S. The number of tetrazole rings is 1. The van der Waals surface area contributed by atoms with Crippen LogP contribution in [0.25, 0.3) is 5.69 Å². The van der Waals surface area contributed by atoms with Gasteiger partial charge in [-0.2, -0.15) is 8.99 Å². The summed E-state index contributed by atoms with van der Waals surface area (Å²) in [7, 11) is -3.93. The first-order valence-corrected chi connectivity index (χ1v) is 10.5. The van der Waals surface area contributed by atoms with Crippen LogP contribution in [-0.4, -0.2) is 64.0 Å². The van der Waals surface area contributed by atoms with E-state index in [1.165, 1.54) is 33.3 Å². The Kier molecular flexibility index (Phi) is 5.54. The minimum atomic E-state index is -3.93. The van der Waals surface area contributed by atoms with Gasteiger partial charge in [-0.3, -0.25) is 4.90 Å². The Bertz CT molecular complexity index is 1160. The second-order valence-electron chi connectivity index (χ2n) is 6.72. The van der Waals surface area contributed by atoms with Gasteiger partial charge in [0.1, 0.15) is 10.7 Å². The van der Waals surface area contributed by atoms with E-state index in [2.05, 4.69) is 15.5 Å². The molecule has 0 spiro atoms. The van der Waals surface area contributed by atoms with Gasteiger partial charge >= 0.3 is 0 Å². The quantitative estimate of drug-likeness (QED) is 0.602. The number of piperazine rings is 1. The molecule has 1 aliphatic heterocycles. The Morgan fingerprint density at radius 3 is 2.33 bits per heavy atom. The number of hydrogen-bond acceptors (Lipinski definition) is 6. The summed E-state index contributed by atoms with van der Waals surface area (Å²) in [6.45, 7) is 1.36. The zero-order chi connectivity index (χ0) is 21.3. The van der Waals surface area contributed by atoms with Gasteiger partial charge in [-0.15, -0.1) is 5.10 Å². The van der Waals surface area contributed by atoms with Crippen molar-refractivity contribution in [3.05, 3.63) is 65.7 Å². The van der Waals surface area contributed by atoms with Gasteiger partial charge in [0, 0.05) is 32.2 Å². The Morgan fingerprint density at radius 2 is 1.63 bits per heavy atom. The van der Waals surface area contributed by atoms with Crippen LogP contribution in [0.2, 0.25) is 0 Å². The van der Waals surface area contributed by atoms with Gasteiger partial charge in [0.25, 0.3) is 0 Å². The highest BCUT2D eigenvalue weighted by Crippen LogP contribution is 2.21. The Morgan fingerprint density at radius 1 is 0.900 bits per heavy atom. The van der Waals surface area contributed by atoms with Crippen LogP contribution in [0, 0.1) is 17.5 Å². The third-order valence-electron chi connectivity index (χ3n) is 4.83. The van der Waals surface area contributed by atoms with E-state index in [1.807, 2.05) is 4.90 Å². The van der Waals surface area contributed by atoms with E-state index in [0.717, 1.165) is 18.2 Å². The molecule has 2 heterocycles. The first-order chi connectivity index (χ1) is 14.4. The molecule has 0 saturated carbocycles.